The number of aromatic carboxylic acids is 1. The third kappa shape index (κ3) is 3.96. The highest BCUT2D eigenvalue weighted by atomic mass is 35.5. The number of aromatic nitrogens is 1. The molecule has 0 saturated carbocycles. The number of hydrazone groups is 1. The Morgan fingerprint density at radius 2 is 2.00 bits per heavy atom. The van der Waals surface area contributed by atoms with Crippen molar-refractivity contribution in [3.8, 4) is 0 Å². The molecule has 2 N–H and O–H groups in total. The van der Waals surface area contributed by atoms with Crippen LogP contribution in [0.15, 0.2) is 5.10 Å². The first kappa shape index (κ1) is 16.0. The highest BCUT2D eigenvalue weighted by Crippen LogP contribution is 2.36. The number of pyridine rings is 1. The summed E-state index contributed by atoms with van der Waals surface area (Å²) in [5.74, 6) is -1.29. The minimum atomic E-state index is -1.29. The molecule has 0 bridgehead atoms. The van der Waals surface area contributed by atoms with Crippen molar-refractivity contribution in [1.29, 1.82) is 0 Å². The molecular weight excluding hydrogens is 312 g/mol. The molecule has 0 aliphatic carbocycles. The van der Waals surface area contributed by atoms with Gasteiger partial charge in [0.2, 0.25) is 0 Å². The van der Waals surface area contributed by atoms with Crippen molar-refractivity contribution >= 4 is 52.2 Å². The number of anilines is 1. The van der Waals surface area contributed by atoms with Crippen LogP contribution in [0.25, 0.3) is 0 Å². The van der Waals surface area contributed by atoms with E-state index in [9.17, 15) is 4.79 Å². The van der Waals surface area contributed by atoms with Crippen LogP contribution in [-0.2, 0) is 0 Å². The van der Waals surface area contributed by atoms with E-state index in [-0.39, 0.29) is 26.6 Å². The van der Waals surface area contributed by atoms with Crippen LogP contribution in [0.2, 0.25) is 15.2 Å². The first-order chi connectivity index (χ1) is 8.88. The maximum absolute atomic E-state index is 11.0. The second kappa shape index (κ2) is 6.93. The van der Waals surface area contributed by atoms with Crippen molar-refractivity contribution < 1.29 is 9.90 Å². The van der Waals surface area contributed by atoms with Crippen molar-refractivity contribution in [3.63, 3.8) is 0 Å². The molecule has 5 nitrogen and oxygen atoms in total. The Labute approximate surface area is 125 Å². The molecule has 0 saturated heterocycles. The molecule has 0 amide bonds. The van der Waals surface area contributed by atoms with E-state index in [2.05, 4.69) is 15.5 Å². The van der Waals surface area contributed by atoms with Crippen LogP contribution < -0.4 is 5.43 Å². The van der Waals surface area contributed by atoms with Gasteiger partial charge in [-0.25, -0.2) is 9.78 Å². The second-order valence-electron chi connectivity index (χ2n) is 3.77. The Hall–Kier alpha value is -1.04. The molecule has 0 fully saturated rings. The van der Waals surface area contributed by atoms with E-state index in [1.165, 1.54) is 0 Å². The number of halogens is 3. The summed E-state index contributed by atoms with van der Waals surface area (Å²) in [4.78, 5) is 14.6. The van der Waals surface area contributed by atoms with E-state index in [0.717, 1.165) is 18.6 Å². The molecule has 0 aliphatic heterocycles. The largest absolute Gasteiger partial charge is 0.476 e. The molecule has 19 heavy (non-hydrogen) atoms. The van der Waals surface area contributed by atoms with Crippen molar-refractivity contribution in [3.05, 3.63) is 20.9 Å². The average Bonchev–Trinajstić information content (AvgIpc) is 2.33. The van der Waals surface area contributed by atoms with Gasteiger partial charge < -0.3 is 5.11 Å². The predicted octanol–water partition coefficient (Wildman–Crippen LogP) is 4.33. The quantitative estimate of drug-likeness (QED) is 0.480. The summed E-state index contributed by atoms with van der Waals surface area (Å²) in [6, 6.07) is 0. The molecule has 0 atom stereocenters. The van der Waals surface area contributed by atoms with Gasteiger partial charge in [-0.1, -0.05) is 48.1 Å². The number of carboxylic acids is 1. The fraction of sp³-hybridized carbons (Fsp3) is 0.364. The average molecular weight is 325 g/mol. The van der Waals surface area contributed by atoms with Crippen LogP contribution in [0.3, 0.4) is 0 Å². The topological polar surface area (TPSA) is 74.6 Å². The smallest absolute Gasteiger partial charge is 0.356 e. The van der Waals surface area contributed by atoms with Crippen molar-refractivity contribution in [1.82, 2.24) is 4.98 Å². The summed E-state index contributed by atoms with van der Waals surface area (Å²) >= 11 is 17.6. The van der Waals surface area contributed by atoms with Crippen LogP contribution in [0, 0.1) is 0 Å². The summed E-state index contributed by atoms with van der Waals surface area (Å²) in [7, 11) is 0. The zero-order valence-corrected chi connectivity index (χ0v) is 12.6. The van der Waals surface area contributed by atoms with Gasteiger partial charge in [0.25, 0.3) is 0 Å². The molecule has 1 aromatic heterocycles. The SMILES string of the molecule is CCC/C(C)=N\Nc1c(Cl)c(Cl)nc(C(=O)O)c1Cl. The molecule has 0 unspecified atom stereocenters. The number of hydrogen-bond donors (Lipinski definition) is 2. The van der Waals surface area contributed by atoms with Crippen LogP contribution in [0.4, 0.5) is 5.69 Å². The summed E-state index contributed by atoms with van der Waals surface area (Å²) in [5.41, 5.74) is 3.23. The Bertz CT molecular complexity index is 532. The van der Waals surface area contributed by atoms with Gasteiger partial charge in [-0.2, -0.15) is 5.10 Å². The molecule has 1 aromatic rings. The van der Waals surface area contributed by atoms with E-state index in [1.807, 2.05) is 13.8 Å². The third-order valence-electron chi connectivity index (χ3n) is 2.21. The summed E-state index contributed by atoms with van der Waals surface area (Å²) in [6.07, 6.45) is 1.74. The van der Waals surface area contributed by atoms with Crippen molar-refractivity contribution in [2.75, 3.05) is 5.43 Å². The van der Waals surface area contributed by atoms with Gasteiger partial charge in [-0.15, -0.1) is 0 Å². The Balaban J connectivity index is 3.19. The Morgan fingerprint density at radius 1 is 1.37 bits per heavy atom. The van der Waals surface area contributed by atoms with Gasteiger partial charge in [-0.05, 0) is 13.3 Å². The maximum atomic E-state index is 11.0. The van der Waals surface area contributed by atoms with Gasteiger partial charge in [-0.3, -0.25) is 5.43 Å². The molecule has 104 valence electrons. The molecule has 8 heteroatoms. The van der Waals surface area contributed by atoms with Gasteiger partial charge in [0.1, 0.15) is 10.0 Å². The second-order valence-corrected chi connectivity index (χ2v) is 4.88. The van der Waals surface area contributed by atoms with E-state index < -0.39 is 5.97 Å². The Kier molecular flexibility index (Phi) is 5.85. The van der Waals surface area contributed by atoms with Gasteiger partial charge >= 0.3 is 5.97 Å². The monoisotopic (exact) mass is 323 g/mol. The van der Waals surface area contributed by atoms with E-state index in [0.29, 0.717) is 0 Å². The first-order valence-corrected chi connectivity index (χ1v) is 6.58. The fourth-order valence-electron chi connectivity index (χ4n) is 1.32. The zero-order chi connectivity index (χ0) is 14.6. The highest BCUT2D eigenvalue weighted by Gasteiger charge is 2.20. The van der Waals surface area contributed by atoms with Crippen LogP contribution in [0.1, 0.15) is 37.2 Å². The van der Waals surface area contributed by atoms with E-state index in [1.54, 1.807) is 0 Å². The number of rotatable bonds is 5. The summed E-state index contributed by atoms with van der Waals surface area (Å²) in [5, 5.41) is 12.8. The Morgan fingerprint density at radius 3 is 2.53 bits per heavy atom. The van der Waals surface area contributed by atoms with Gasteiger partial charge in [0.05, 0.1) is 5.69 Å². The maximum Gasteiger partial charge on any atom is 0.356 e. The van der Waals surface area contributed by atoms with Crippen LogP contribution >= 0.6 is 34.8 Å². The van der Waals surface area contributed by atoms with Crippen LogP contribution in [-0.4, -0.2) is 21.8 Å². The standard InChI is InChI=1S/C11H12Cl3N3O2/c1-3-4-5(2)16-17-8-6(12)9(11(18)19)15-10(14)7(8)13/h3-4H2,1-2H3,(H,15,17)(H,18,19)/b16-5-. The van der Waals surface area contributed by atoms with Crippen LogP contribution in [0.5, 0.6) is 0 Å². The number of nitrogens with zero attached hydrogens (tertiary/aromatic N) is 2. The number of nitrogens with one attached hydrogen (secondary N) is 1. The minimum absolute atomic E-state index is 0.0321. The molecular formula is C11H12Cl3N3O2. The number of carboxylic acid groups (broad SMARTS) is 1. The third-order valence-corrected chi connectivity index (χ3v) is 3.32. The summed E-state index contributed by atoms with van der Waals surface area (Å²) in [6.45, 7) is 3.85. The number of hydrogen-bond acceptors (Lipinski definition) is 4. The summed E-state index contributed by atoms with van der Waals surface area (Å²) < 4.78 is 0. The lowest BCUT2D eigenvalue weighted by Gasteiger charge is -2.10. The van der Waals surface area contributed by atoms with Crippen molar-refractivity contribution in [2.24, 2.45) is 5.10 Å². The molecule has 1 rings (SSSR count). The first-order valence-electron chi connectivity index (χ1n) is 5.45. The predicted molar refractivity (Wildman–Crippen MR) is 77.9 cm³/mol. The van der Waals surface area contributed by atoms with E-state index >= 15 is 0 Å². The molecule has 0 aromatic carbocycles. The molecule has 0 spiro atoms. The van der Waals surface area contributed by atoms with Crippen molar-refractivity contribution in [2.45, 2.75) is 26.7 Å². The lowest BCUT2D eigenvalue weighted by molar-refractivity contribution is 0.0691. The molecule has 0 aliphatic rings. The molecule has 1 heterocycles. The molecule has 0 radical (unpaired) electrons. The van der Waals surface area contributed by atoms with Gasteiger partial charge in [0.15, 0.2) is 10.8 Å². The lowest BCUT2D eigenvalue weighted by atomic mass is 10.2. The number of carbonyl (C=O) groups is 1. The lowest BCUT2D eigenvalue weighted by Crippen LogP contribution is -2.06. The zero-order valence-electron chi connectivity index (χ0n) is 10.3. The van der Waals surface area contributed by atoms with E-state index in [4.69, 9.17) is 39.9 Å². The normalized spacial score (nSPS) is 11.5. The minimum Gasteiger partial charge on any atom is -0.476 e. The fourth-order valence-corrected chi connectivity index (χ4v) is 1.99. The highest BCUT2D eigenvalue weighted by molar-refractivity contribution is 6.46. The van der Waals surface area contributed by atoms with Gasteiger partial charge in [0, 0.05) is 5.71 Å².